The van der Waals surface area contributed by atoms with Gasteiger partial charge in [-0.1, -0.05) is 30.3 Å². The summed E-state index contributed by atoms with van der Waals surface area (Å²) in [4.78, 5) is 52.0. The highest BCUT2D eigenvalue weighted by Gasteiger charge is 2.50. The molecule has 1 saturated heterocycles. The summed E-state index contributed by atoms with van der Waals surface area (Å²) >= 11 is 0. The molecule has 3 aromatic rings. The first-order chi connectivity index (χ1) is 17.9. The van der Waals surface area contributed by atoms with Crippen molar-refractivity contribution in [3.05, 3.63) is 95.8 Å². The van der Waals surface area contributed by atoms with E-state index in [1.807, 2.05) is 18.2 Å². The SMILES string of the molecule is O=C(COC(=O)c1ccc(N2C(=O)[C@@H]3CC[C@@H](c4ccccc4)C[C@H]3C2=O)cc1)Nc1ccc(F)cc1. The highest BCUT2D eigenvalue weighted by molar-refractivity contribution is 6.22. The molecule has 1 heterocycles. The molecule has 1 N–H and O–H groups in total. The smallest absolute Gasteiger partial charge is 0.338 e. The van der Waals surface area contributed by atoms with Crippen LogP contribution in [-0.4, -0.2) is 30.3 Å². The molecule has 3 atom stereocenters. The summed E-state index contributed by atoms with van der Waals surface area (Å²) in [5.74, 6) is -2.55. The average molecular weight is 501 g/mol. The summed E-state index contributed by atoms with van der Waals surface area (Å²) in [6, 6.07) is 21.3. The molecule has 37 heavy (non-hydrogen) atoms. The fraction of sp³-hybridized carbons (Fsp3) is 0.241. The van der Waals surface area contributed by atoms with Crippen LogP contribution in [0.25, 0.3) is 0 Å². The molecule has 1 aliphatic carbocycles. The van der Waals surface area contributed by atoms with Gasteiger partial charge >= 0.3 is 5.97 Å². The molecule has 1 saturated carbocycles. The number of nitrogens with zero attached hydrogens (tertiary/aromatic N) is 1. The van der Waals surface area contributed by atoms with Crippen LogP contribution in [0.15, 0.2) is 78.9 Å². The minimum Gasteiger partial charge on any atom is -0.452 e. The van der Waals surface area contributed by atoms with Crippen molar-refractivity contribution in [2.24, 2.45) is 11.8 Å². The van der Waals surface area contributed by atoms with Gasteiger partial charge in [0.05, 0.1) is 23.1 Å². The van der Waals surface area contributed by atoms with Crippen LogP contribution in [0.5, 0.6) is 0 Å². The van der Waals surface area contributed by atoms with E-state index in [0.717, 1.165) is 6.42 Å². The number of amides is 3. The van der Waals surface area contributed by atoms with E-state index in [-0.39, 0.29) is 35.1 Å². The van der Waals surface area contributed by atoms with Crippen LogP contribution in [0.1, 0.15) is 41.1 Å². The highest BCUT2D eigenvalue weighted by Crippen LogP contribution is 2.45. The van der Waals surface area contributed by atoms with E-state index >= 15 is 0 Å². The van der Waals surface area contributed by atoms with Crippen molar-refractivity contribution in [3.63, 3.8) is 0 Å². The quantitative estimate of drug-likeness (QED) is 0.391. The lowest BCUT2D eigenvalue weighted by molar-refractivity contribution is -0.122. The van der Waals surface area contributed by atoms with Crippen molar-refractivity contribution < 1.29 is 28.3 Å². The van der Waals surface area contributed by atoms with E-state index in [1.54, 1.807) is 0 Å². The summed E-state index contributed by atoms with van der Waals surface area (Å²) in [6.45, 7) is -0.521. The Bertz CT molecular complexity index is 1320. The molecule has 0 radical (unpaired) electrons. The molecule has 0 aromatic heterocycles. The molecule has 7 nitrogen and oxygen atoms in total. The number of ether oxygens (including phenoxy) is 1. The molecular weight excluding hydrogens is 475 g/mol. The normalized spacial score (nSPS) is 20.9. The van der Waals surface area contributed by atoms with Crippen LogP contribution in [0.3, 0.4) is 0 Å². The minimum absolute atomic E-state index is 0.180. The number of anilines is 2. The first-order valence-corrected chi connectivity index (χ1v) is 12.2. The van der Waals surface area contributed by atoms with Crippen LogP contribution in [0.2, 0.25) is 0 Å². The van der Waals surface area contributed by atoms with Gasteiger partial charge in [-0.3, -0.25) is 19.3 Å². The second-order valence-electron chi connectivity index (χ2n) is 9.32. The number of nitrogens with one attached hydrogen (secondary N) is 1. The van der Waals surface area contributed by atoms with Crippen LogP contribution in [0, 0.1) is 17.7 Å². The lowest BCUT2D eigenvalue weighted by Gasteiger charge is -2.28. The molecule has 0 spiro atoms. The third-order valence-corrected chi connectivity index (χ3v) is 7.02. The van der Waals surface area contributed by atoms with Crippen LogP contribution in [0.4, 0.5) is 15.8 Å². The molecule has 1 aliphatic heterocycles. The maximum Gasteiger partial charge on any atom is 0.338 e. The number of esters is 1. The van der Waals surface area contributed by atoms with Gasteiger partial charge < -0.3 is 10.1 Å². The van der Waals surface area contributed by atoms with Crippen LogP contribution in [-0.2, 0) is 19.1 Å². The molecule has 3 aromatic carbocycles. The lowest BCUT2D eigenvalue weighted by atomic mass is 9.73. The standard InChI is InChI=1S/C29H25FN2O5/c30-21-9-11-22(12-10-21)31-26(33)17-37-29(36)19-6-13-23(14-7-19)32-27(34)24-15-8-20(16-25(24)28(32)35)18-4-2-1-3-5-18/h1-7,9-14,20,24-25H,8,15-17H2,(H,31,33)/t20-,24-,25-/m1/s1. The number of imide groups is 1. The fourth-order valence-electron chi connectivity index (χ4n) is 5.15. The zero-order valence-corrected chi connectivity index (χ0v) is 19.9. The summed E-state index contributed by atoms with van der Waals surface area (Å²) in [5.41, 5.74) is 2.15. The van der Waals surface area contributed by atoms with E-state index in [1.165, 1.54) is 59.0 Å². The summed E-state index contributed by atoms with van der Waals surface area (Å²) in [6.07, 6.45) is 2.16. The zero-order valence-electron chi connectivity index (χ0n) is 19.9. The molecule has 188 valence electrons. The topological polar surface area (TPSA) is 92.8 Å². The van der Waals surface area contributed by atoms with Crippen LogP contribution >= 0.6 is 0 Å². The minimum atomic E-state index is -0.723. The van der Waals surface area contributed by atoms with Gasteiger partial charge in [-0.15, -0.1) is 0 Å². The monoisotopic (exact) mass is 500 g/mol. The van der Waals surface area contributed by atoms with Crippen molar-refractivity contribution in [1.82, 2.24) is 0 Å². The molecule has 5 rings (SSSR count). The molecule has 3 amide bonds. The molecular formula is C29H25FN2O5. The lowest BCUT2D eigenvalue weighted by Crippen LogP contribution is -2.30. The predicted molar refractivity (Wildman–Crippen MR) is 134 cm³/mol. The van der Waals surface area contributed by atoms with Crippen molar-refractivity contribution in [2.45, 2.75) is 25.2 Å². The van der Waals surface area contributed by atoms with E-state index in [4.69, 9.17) is 4.74 Å². The molecule has 2 fully saturated rings. The maximum absolute atomic E-state index is 13.2. The Labute approximate surface area is 213 Å². The van der Waals surface area contributed by atoms with Crippen molar-refractivity contribution in [2.75, 3.05) is 16.8 Å². The number of hydrogen-bond donors (Lipinski definition) is 1. The fourth-order valence-corrected chi connectivity index (χ4v) is 5.15. The van der Waals surface area contributed by atoms with Gasteiger partial charge in [-0.05, 0) is 79.3 Å². The van der Waals surface area contributed by atoms with Crippen molar-refractivity contribution >= 4 is 35.1 Å². The maximum atomic E-state index is 13.2. The van der Waals surface area contributed by atoms with Crippen molar-refractivity contribution in [1.29, 1.82) is 0 Å². The van der Waals surface area contributed by atoms with Crippen LogP contribution < -0.4 is 10.2 Å². The average Bonchev–Trinajstić information content (AvgIpc) is 3.18. The summed E-state index contributed by atoms with van der Waals surface area (Å²) in [5, 5.41) is 2.51. The number of hydrogen-bond acceptors (Lipinski definition) is 5. The Hall–Kier alpha value is -4.33. The van der Waals surface area contributed by atoms with Gasteiger partial charge in [-0.2, -0.15) is 0 Å². The van der Waals surface area contributed by atoms with Gasteiger partial charge in [0.15, 0.2) is 6.61 Å². The van der Waals surface area contributed by atoms with Gasteiger partial charge in [0.1, 0.15) is 5.82 Å². The summed E-state index contributed by atoms with van der Waals surface area (Å²) in [7, 11) is 0. The van der Waals surface area contributed by atoms with Gasteiger partial charge in [-0.25, -0.2) is 9.18 Å². The number of benzene rings is 3. The third kappa shape index (κ3) is 5.14. The molecule has 8 heteroatoms. The third-order valence-electron chi connectivity index (χ3n) is 7.02. The van der Waals surface area contributed by atoms with E-state index in [2.05, 4.69) is 17.4 Å². The second kappa shape index (κ2) is 10.3. The number of carbonyl (C=O) groups is 4. The van der Waals surface area contributed by atoms with Gasteiger partial charge in [0.25, 0.3) is 5.91 Å². The molecule has 0 unspecified atom stereocenters. The highest BCUT2D eigenvalue weighted by atomic mass is 19.1. The van der Waals surface area contributed by atoms with E-state index in [9.17, 15) is 23.6 Å². The molecule has 2 aliphatic rings. The van der Waals surface area contributed by atoms with Gasteiger partial charge in [0.2, 0.25) is 11.8 Å². The Morgan fingerprint density at radius 2 is 1.54 bits per heavy atom. The number of halogens is 1. The number of carbonyl (C=O) groups excluding carboxylic acids is 4. The largest absolute Gasteiger partial charge is 0.452 e. The number of rotatable bonds is 6. The Balaban J connectivity index is 1.20. The predicted octanol–water partition coefficient (Wildman–Crippen LogP) is 4.69. The first-order valence-electron chi connectivity index (χ1n) is 12.2. The van der Waals surface area contributed by atoms with Gasteiger partial charge in [0, 0.05) is 5.69 Å². The summed E-state index contributed by atoms with van der Waals surface area (Å²) < 4.78 is 18.0. The first kappa shape index (κ1) is 24.4. The Kier molecular flexibility index (Phi) is 6.81. The number of fused-ring (bicyclic) bond motifs is 1. The molecule has 0 bridgehead atoms. The Morgan fingerprint density at radius 3 is 2.24 bits per heavy atom. The van der Waals surface area contributed by atoms with E-state index in [0.29, 0.717) is 24.2 Å². The van der Waals surface area contributed by atoms with E-state index < -0.39 is 24.3 Å². The second-order valence-corrected chi connectivity index (χ2v) is 9.32. The Morgan fingerprint density at radius 1 is 0.865 bits per heavy atom. The van der Waals surface area contributed by atoms with Crippen molar-refractivity contribution in [3.8, 4) is 0 Å². The zero-order chi connectivity index (χ0) is 25.9.